The molecule has 0 unspecified atom stereocenters. The van der Waals surface area contributed by atoms with Crippen LogP contribution in [0.1, 0.15) is 45.7 Å². The Morgan fingerprint density at radius 1 is 0.875 bits per heavy atom. The van der Waals surface area contributed by atoms with Crippen LogP contribution in [0.25, 0.3) is 16.9 Å². The molecule has 0 aliphatic carbocycles. The lowest BCUT2D eigenvalue weighted by Crippen LogP contribution is -2.29. The van der Waals surface area contributed by atoms with Gasteiger partial charge in [0.05, 0.1) is 19.9 Å². The van der Waals surface area contributed by atoms with Gasteiger partial charge in [-0.05, 0) is 43.6 Å². The summed E-state index contributed by atoms with van der Waals surface area (Å²) >= 11 is 0. The van der Waals surface area contributed by atoms with Crippen molar-refractivity contribution in [1.29, 1.82) is 0 Å². The summed E-state index contributed by atoms with van der Waals surface area (Å²) in [6, 6.07) is 17.1. The number of carbonyl (C=O) groups excluding carboxylic acids is 2. The lowest BCUT2D eigenvalue weighted by Gasteiger charge is -2.27. The third kappa shape index (κ3) is 4.29. The maximum atomic E-state index is 12.9. The highest BCUT2D eigenvalue weighted by Gasteiger charge is 2.32. The first-order valence-corrected chi connectivity index (χ1v) is 10.8. The topological polar surface area (TPSA) is 73.7 Å². The Kier molecular flexibility index (Phi) is 6.66. The molecule has 1 fully saturated rings. The number of para-hydroxylation sites is 1. The Morgan fingerprint density at radius 3 is 2.22 bits per heavy atom. The van der Waals surface area contributed by atoms with Crippen molar-refractivity contribution in [2.45, 2.75) is 25.8 Å². The minimum Gasteiger partial charge on any atom is -0.465 e. The van der Waals surface area contributed by atoms with Gasteiger partial charge in [-0.25, -0.2) is 14.3 Å². The highest BCUT2D eigenvalue weighted by Crippen LogP contribution is 2.32. The summed E-state index contributed by atoms with van der Waals surface area (Å²) in [5, 5.41) is 4.74. The number of methoxy groups -OCH3 is 2. The highest BCUT2D eigenvalue weighted by atomic mass is 16.5. The van der Waals surface area contributed by atoms with Crippen molar-refractivity contribution >= 4 is 11.9 Å². The maximum absolute atomic E-state index is 12.9. The minimum atomic E-state index is -0.651. The molecule has 7 nitrogen and oxygen atoms in total. The van der Waals surface area contributed by atoms with Crippen molar-refractivity contribution in [2.75, 3.05) is 27.3 Å². The standard InChI is InChI=1S/C25H27N3O4/c1-31-24(29)21-22(20-14-8-7-11-18(20)17-27-15-9-4-10-16-27)26-28(23(21)25(30)32-2)19-12-5-3-6-13-19/h3,5-8,11-14H,4,9-10,15-17H2,1-2H3. The zero-order chi connectivity index (χ0) is 22.5. The van der Waals surface area contributed by atoms with Gasteiger partial charge >= 0.3 is 11.9 Å². The number of esters is 2. The van der Waals surface area contributed by atoms with Gasteiger partial charge in [0.2, 0.25) is 0 Å². The zero-order valence-corrected chi connectivity index (χ0v) is 18.4. The van der Waals surface area contributed by atoms with Crippen LogP contribution in [0, 0.1) is 0 Å². The molecule has 1 aliphatic rings. The summed E-state index contributed by atoms with van der Waals surface area (Å²) in [6.45, 7) is 2.84. The van der Waals surface area contributed by atoms with E-state index >= 15 is 0 Å². The van der Waals surface area contributed by atoms with E-state index in [1.54, 1.807) is 0 Å². The van der Waals surface area contributed by atoms with Crippen LogP contribution in [-0.2, 0) is 16.0 Å². The molecule has 32 heavy (non-hydrogen) atoms. The monoisotopic (exact) mass is 433 g/mol. The molecule has 0 saturated carbocycles. The van der Waals surface area contributed by atoms with E-state index in [9.17, 15) is 9.59 Å². The Balaban J connectivity index is 1.90. The second-order valence-electron chi connectivity index (χ2n) is 7.80. The van der Waals surface area contributed by atoms with Gasteiger partial charge in [-0.2, -0.15) is 5.10 Å². The van der Waals surface area contributed by atoms with Crippen LogP contribution < -0.4 is 0 Å². The predicted octanol–water partition coefficient (Wildman–Crippen LogP) is 4.10. The number of nitrogens with zero attached hydrogens (tertiary/aromatic N) is 3. The molecule has 1 aliphatic heterocycles. The third-order valence-electron chi connectivity index (χ3n) is 5.77. The Labute approximate surface area is 187 Å². The second kappa shape index (κ2) is 9.78. The first kappa shape index (κ1) is 21.8. The molecule has 1 aromatic heterocycles. The number of carbonyl (C=O) groups is 2. The van der Waals surface area contributed by atoms with E-state index in [1.807, 2.05) is 54.6 Å². The van der Waals surface area contributed by atoms with Gasteiger partial charge < -0.3 is 9.47 Å². The van der Waals surface area contributed by atoms with E-state index in [1.165, 1.54) is 38.2 Å². The van der Waals surface area contributed by atoms with E-state index in [2.05, 4.69) is 4.90 Å². The van der Waals surface area contributed by atoms with E-state index < -0.39 is 11.9 Å². The van der Waals surface area contributed by atoms with Crippen LogP contribution in [0.5, 0.6) is 0 Å². The number of hydrogen-bond acceptors (Lipinski definition) is 6. The average molecular weight is 434 g/mol. The van der Waals surface area contributed by atoms with Crippen molar-refractivity contribution in [3.05, 3.63) is 71.4 Å². The van der Waals surface area contributed by atoms with Gasteiger partial charge in [0.1, 0.15) is 11.3 Å². The van der Waals surface area contributed by atoms with Crippen LogP contribution in [0.4, 0.5) is 0 Å². The van der Waals surface area contributed by atoms with E-state index in [4.69, 9.17) is 14.6 Å². The lowest BCUT2D eigenvalue weighted by atomic mass is 9.99. The normalized spacial score (nSPS) is 14.2. The van der Waals surface area contributed by atoms with E-state index in [0.29, 0.717) is 11.4 Å². The summed E-state index contributed by atoms with van der Waals surface area (Å²) < 4.78 is 11.5. The number of hydrogen-bond donors (Lipinski definition) is 0. The predicted molar refractivity (Wildman–Crippen MR) is 121 cm³/mol. The summed E-state index contributed by atoms with van der Waals surface area (Å²) in [6.07, 6.45) is 3.63. The Morgan fingerprint density at radius 2 is 1.53 bits per heavy atom. The molecule has 0 N–H and O–H groups in total. The van der Waals surface area contributed by atoms with Crippen molar-refractivity contribution < 1.29 is 19.1 Å². The van der Waals surface area contributed by atoms with E-state index in [0.717, 1.165) is 30.8 Å². The zero-order valence-electron chi connectivity index (χ0n) is 18.4. The van der Waals surface area contributed by atoms with Crippen LogP contribution in [-0.4, -0.2) is 53.9 Å². The molecular formula is C25H27N3O4. The maximum Gasteiger partial charge on any atom is 0.357 e. The van der Waals surface area contributed by atoms with Crippen molar-refractivity contribution in [1.82, 2.24) is 14.7 Å². The average Bonchev–Trinajstić information content (AvgIpc) is 3.25. The molecule has 4 rings (SSSR count). The van der Waals surface area contributed by atoms with E-state index in [-0.39, 0.29) is 11.3 Å². The second-order valence-corrected chi connectivity index (χ2v) is 7.80. The van der Waals surface area contributed by atoms with Crippen molar-refractivity contribution in [3.63, 3.8) is 0 Å². The van der Waals surface area contributed by atoms with Gasteiger partial charge in [-0.3, -0.25) is 4.90 Å². The van der Waals surface area contributed by atoms with Gasteiger partial charge in [-0.1, -0.05) is 48.9 Å². The molecule has 166 valence electrons. The summed E-state index contributed by atoms with van der Waals surface area (Å²) in [5.74, 6) is -1.28. The first-order valence-electron chi connectivity index (χ1n) is 10.8. The highest BCUT2D eigenvalue weighted by molar-refractivity contribution is 6.07. The number of benzene rings is 2. The van der Waals surface area contributed by atoms with Crippen LogP contribution in [0.15, 0.2) is 54.6 Å². The largest absolute Gasteiger partial charge is 0.465 e. The molecular weight excluding hydrogens is 406 g/mol. The fourth-order valence-corrected chi connectivity index (χ4v) is 4.19. The van der Waals surface area contributed by atoms with Crippen LogP contribution in [0.2, 0.25) is 0 Å². The number of piperidine rings is 1. The smallest absolute Gasteiger partial charge is 0.357 e. The summed E-state index contributed by atoms with van der Waals surface area (Å²) in [4.78, 5) is 28.1. The first-order chi connectivity index (χ1) is 15.6. The molecule has 7 heteroatoms. The fourth-order valence-electron chi connectivity index (χ4n) is 4.19. The van der Waals surface area contributed by atoms with Gasteiger partial charge in [0, 0.05) is 12.1 Å². The summed E-state index contributed by atoms with van der Waals surface area (Å²) in [5.41, 5.74) is 3.07. The SMILES string of the molecule is COC(=O)c1c(-c2ccccc2CN2CCCCC2)nn(-c2ccccc2)c1C(=O)OC. The molecule has 3 aromatic rings. The van der Waals surface area contributed by atoms with Crippen LogP contribution in [0.3, 0.4) is 0 Å². The quantitative estimate of drug-likeness (QED) is 0.545. The van der Waals surface area contributed by atoms with Gasteiger partial charge in [0.15, 0.2) is 5.69 Å². The molecule has 2 heterocycles. The molecule has 0 radical (unpaired) electrons. The Hall–Kier alpha value is -3.45. The minimum absolute atomic E-state index is 0.0494. The number of rotatable bonds is 6. The van der Waals surface area contributed by atoms with Gasteiger partial charge in [0.25, 0.3) is 0 Å². The van der Waals surface area contributed by atoms with Crippen molar-refractivity contribution in [2.24, 2.45) is 0 Å². The molecule has 2 aromatic carbocycles. The molecule has 0 bridgehead atoms. The van der Waals surface area contributed by atoms with Crippen LogP contribution >= 0.6 is 0 Å². The summed E-state index contributed by atoms with van der Waals surface area (Å²) in [7, 11) is 2.59. The number of ether oxygens (including phenoxy) is 2. The van der Waals surface area contributed by atoms with Gasteiger partial charge in [-0.15, -0.1) is 0 Å². The molecule has 0 spiro atoms. The fraction of sp³-hybridized carbons (Fsp3) is 0.320. The molecule has 0 amide bonds. The number of aromatic nitrogens is 2. The Bertz CT molecular complexity index is 1100. The lowest BCUT2D eigenvalue weighted by molar-refractivity contribution is 0.0549. The third-order valence-corrected chi connectivity index (χ3v) is 5.77. The van der Waals surface area contributed by atoms with Crippen molar-refractivity contribution in [3.8, 4) is 16.9 Å². The number of likely N-dealkylation sites (tertiary alicyclic amines) is 1. The molecule has 1 saturated heterocycles. The molecule has 0 atom stereocenters.